The van der Waals surface area contributed by atoms with E-state index in [1.165, 1.54) is 101 Å². The number of hydrogen-bond acceptors (Lipinski definition) is 2. The third-order valence-corrected chi connectivity index (χ3v) is 30.6. The van der Waals surface area contributed by atoms with E-state index in [1.807, 2.05) is 0 Å². The van der Waals surface area contributed by atoms with Crippen LogP contribution >= 0.6 is 47.5 Å². The second-order valence-electron chi connectivity index (χ2n) is 21.0. The van der Waals surface area contributed by atoms with Crippen LogP contribution in [0.1, 0.15) is 13.8 Å². The topological polar surface area (TPSA) is 74.6 Å². The third kappa shape index (κ3) is 26.1. The molecule has 2 N–H and O–H groups in total. The number of benzene rings is 12. The molecule has 0 aliphatic heterocycles. The van der Waals surface area contributed by atoms with E-state index in [2.05, 4.69) is 364 Å². The van der Waals surface area contributed by atoms with Crippen molar-refractivity contribution in [2.75, 3.05) is 37.0 Å². The van der Waals surface area contributed by atoms with Crippen LogP contribution < -0.4 is 63.7 Å². The normalized spacial score (nSPS) is 10.4. The van der Waals surface area contributed by atoms with Crippen molar-refractivity contribution in [1.82, 2.24) is 0 Å². The van der Waals surface area contributed by atoms with Crippen LogP contribution in [0.3, 0.4) is 0 Å². The van der Waals surface area contributed by atoms with Crippen LogP contribution in [-0.4, -0.2) is 59.1 Å². The molecule has 0 spiro atoms. The van der Waals surface area contributed by atoms with Gasteiger partial charge in [-0.15, -0.1) is 0 Å². The molecule has 12 aromatic carbocycles. The molecule has 482 valence electrons. The molecule has 0 fully saturated rings. The maximum absolute atomic E-state index is 9.00. The predicted octanol–water partition coefficient (Wildman–Crippen LogP) is 15.9. The molecule has 0 radical (unpaired) electrons. The average Bonchev–Trinajstić information content (AvgIpc) is 0.921. The Kier molecular flexibility index (Phi) is 35.7. The van der Waals surface area contributed by atoms with Gasteiger partial charge in [0.1, 0.15) is 0 Å². The summed E-state index contributed by atoms with van der Waals surface area (Å²) < 4.78 is 0. The van der Waals surface area contributed by atoms with Gasteiger partial charge in [-0.05, 0) is 148 Å². The quantitative estimate of drug-likeness (QED) is 0.0555. The summed E-state index contributed by atoms with van der Waals surface area (Å²) in [6.45, 7) is 2.17. The van der Waals surface area contributed by atoms with Crippen molar-refractivity contribution >= 4 is 123 Å². The van der Waals surface area contributed by atoms with E-state index in [0.717, 1.165) is 13.8 Å². The Bertz CT molecular complexity index is 3010. The average molecular weight is 1440 g/mol. The van der Waals surface area contributed by atoms with Crippen LogP contribution in [0.5, 0.6) is 0 Å². The minimum Gasteiger partial charge on any atom is -0.481 e. The molecule has 12 aromatic rings. The summed E-state index contributed by atoms with van der Waals surface area (Å²) in [6.07, 6.45) is 7.24. The standard InChI is InChI=1S/3C26H24P2.2C2H4O2.2Cu/c3*1-5-13-23(14-6-1)27(24-15-7-2-8-16-24)21-22-28(25-17-9-3-10-18-25)26-19-11-4-12-20-26;2*1-2(3)4;;/h3*1-20H,21-22H2;2*1H3,(H,3,4);;/q;;;;;2*+1. The first kappa shape index (κ1) is 76.2. The summed E-state index contributed by atoms with van der Waals surface area (Å²) in [5.74, 6) is -1.67. The van der Waals surface area contributed by atoms with Crippen molar-refractivity contribution < 1.29 is 53.9 Å². The molecule has 94 heavy (non-hydrogen) atoms. The fourth-order valence-electron chi connectivity index (χ4n) is 10.3. The summed E-state index contributed by atoms with van der Waals surface area (Å²) in [6, 6.07) is 133. The Morgan fingerprint density at radius 3 is 0.319 bits per heavy atom. The zero-order valence-electron chi connectivity index (χ0n) is 52.9. The van der Waals surface area contributed by atoms with Crippen molar-refractivity contribution in [3.63, 3.8) is 0 Å². The monoisotopic (exact) mass is 1440 g/mol. The summed E-state index contributed by atoms with van der Waals surface area (Å²) in [5, 5.41) is 32.5. The van der Waals surface area contributed by atoms with E-state index in [0.29, 0.717) is 0 Å². The van der Waals surface area contributed by atoms with E-state index in [9.17, 15) is 0 Å². The summed E-state index contributed by atoms with van der Waals surface area (Å²) in [5.41, 5.74) is 0. The maximum atomic E-state index is 9.00. The first-order valence-corrected chi connectivity index (χ1v) is 40.0. The van der Waals surface area contributed by atoms with Gasteiger partial charge in [0.2, 0.25) is 0 Å². The van der Waals surface area contributed by atoms with Crippen molar-refractivity contribution in [3.05, 3.63) is 364 Å². The predicted molar refractivity (Wildman–Crippen MR) is 410 cm³/mol. The summed E-state index contributed by atoms with van der Waals surface area (Å²) in [4.78, 5) is 18.0. The molecular formula is C82H80Cu2O4P6+2. The largest absolute Gasteiger partial charge is 1.00 e. The molecule has 0 aliphatic carbocycles. The van der Waals surface area contributed by atoms with E-state index in [4.69, 9.17) is 19.8 Å². The van der Waals surface area contributed by atoms with Crippen molar-refractivity contribution in [1.29, 1.82) is 0 Å². The van der Waals surface area contributed by atoms with Crippen LogP contribution in [0.4, 0.5) is 0 Å². The molecule has 0 amide bonds. The molecule has 0 unspecified atom stereocenters. The Morgan fingerprint density at radius 2 is 0.255 bits per heavy atom. The molecule has 0 aliphatic rings. The third-order valence-electron chi connectivity index (χ3n) is 14.5. The molecule has 12 rings (SSSR count). The van der Waals surface area contributed by atoms with Gasteiger partial charge in [0.25, 0.3) is 11.9 Å². The first-order chi connectivity index (χ1) is 45.2. The summed E-state index contributed by atoms with van der Waals surface area (Å²) in [7, 11) is -2.09. The Hall–Kier alpha value is -6.80. The molecule has 0 heterocycles. The minimum absolute atomic E-state index is 0. The fraction of sp³-hybridized carbons (Fsp3) is 0.0976. The SMILES string of the molecule is CC(=O)O.CC(=O)O.[Cu+].[Cu+].c1ccc(P(CCP(c2ccccc2)c2ccccc2)c2ccccc2)cc1.c1ccc(P(CCP(c2ccccc2)c2ccccc2)c2ccccc2)cc1.c1ccc(P(CCP(c2ccccc2)c2ccccc2)c2ccccc2)cc1. The second-order valence-corrected chi connectivity index (χ2v) is 35.0. The minimum atomic E-state index is -0.833. The van der Waals surface area contributed by atoms with Crippen molar-refractivity contribution in [2.45, 2.75) is 13.8 Å². The van der Waals surface area contributed by atoms with Crippen molar-refractivity contribution in [3.8, 4) is 0 Å². The van der Waals surface area contributed by atoms with Gasteiger partial charge in [-0.2, -0.15) is 0 Å². The molecule has 0 bridgehead atoms. The van der Waals surface area contributed by atoms with E-state index in [1.54, 1.807) is 0 Å². The van der Waals surface area contributed by atoms with E-state index in [-0.39, 0.29) is 81.7 Å². The Labute approximate surface area is 587 Å². The van der Waals surface area contributed by atoms with Gasteiger partial charge < -0.3 is 10.2 Å². The smallest absolute Gasteiger partial charge is 0.481 e. The van der Waals surface area contributed by atoms with Crippen LogP contribution in [0.2, 0.25) is 0 Å². The van der Waals surface area contributed by atoms with Crippen LogP contribution in [0.25, 0.3) is 0 Å². The zero-order chi connectivity index (χ0) is 64.2. The molecule has 0 saturated heterocycles. The second kappa shape index (κ2) is 44.0. The van der Waals surface area contributed by atoms with Crippen LogP contribution in [0, 0.1) is 0 Å². The Morgan fingerprint density at radius 1 is 0.191 bits per heavy atom. The Balaban J connectivity index is 0.000000209. The molecular weight excluding hydrogens is 1360 g/mol. The summed E-state index contributed by atoms with van der Waals surface area (Å²) >= 11 is 0. The van der Waals surface area contributed by atoms with Crippen LogP contribution in [0.15, 0.2) is 364 Å². The van der Waals surface area contributed by atoms with Gasteiger partial charge in [0, 0.05) is 13.8 Å². The van der Waals surface area contributed by atoms with Crippen LogP contribution in [-0.2, 0) is 43.7 Å². The van der Waals surface area contributed by atoms with Gasteiger partial charge in [-0.3, -0.25) is 9.59 Å². The number of carboxylic acids is 2. The number of carbonyl (C=O) groups is 2. The number of carboxylic acid groups (broad SMARTS) is 2. The zero-order valence-corrected chi connectivity index (χ0v) is 60.1. The van der Waals surface area contributed by atoms with Crippen molar-refractivity contribution in [2.24, 2.45) is 0 Å². The molecule has 12 heteroatoms. The van der Waals surface area contributed by atoms with E-state index < -0.39 is 11.9 Å². The number of hydrogen-bond donors (Lipinski definition) is 2. The van der Waals surface area contributed by atoms with E-state index >= 15 is 0 Å². The molecule has 0 saturated carbocycles. The number of rotatable bonds is 21. The van der Waals surface area contributed by atoms with Gasteiger partial charge in [-0.25, -0.2) is 0 Å². The number of aliphatic carboxylic acids is 2. The van der Waals surface area contributed by atoms with Gasteiger partial charge >= 0.3 is 34.1 Å². The van der Waals surface area contributed by atoms with Gasteiger partial charge in [0.05, 0.1) is 0 Å². The van der Waals surface area contributed by atoms with Gasteiger partial charge in [0.15, 0.2) is 0 Å². The maximum Gasteiger partial charge on any atom is 1.00 e. The fourth-order valence-corrected chi connectivity index (χ4v) is 26.4. The molecule has 0 atom stereocenters. The first-order valence-electron chi connectivity index (χ1n) is 30.9. The molecule has 4 nitrogen and oxygen atoms in total. The van der Waals surface area contributed by atoms with Gasteiger partial charge in [-0.1, -0.05) is 364 Å². The molecule has 0 aromatic heterocycles.